The molecule has 2 aliphatic rings. The van der Waals surface area contributed by atoms with Gasteiger partial charge in [0.1, 0.15) is 0 Å². The number of rotatable bonds is 5. The van der Waals surface area contributed by atoms with Gasteiger partial charge in [-0.15, -0.1) is 12.4 Å². The van der Waals surface area contributed by atoms with E-state index in [0.717, 1.165) is 32.5 Å². The lowest BCUT2D eigenvalue weighted by Gasteiger charge is -2.36. The van der Waals surface area contributed by atoms with Gasteiger partial charge < -0.3 is 10.6 Å². The molecule has 1 aromatic rings. The van der Waals surface area contributed by atoms with Crippen LogP contribution in [0.5, 0.6) is 0 Å². The molecule has 0 radical (unpaired) electrons. The zero-order valence-electron chi connectivity index (χ0n) is 15.3. The molecule has 2 heterocycles. The molecule has 3 rings (SSSR count). The normalized spacial score (nSPS) is 27.1. The van der Waals surface area contributed by atoms with E-state index >= 15 is 0 Å². The lowest BCUT2D eigenvalue weighted by Crippen LogP contribution is -2.47. The Hall–Kier alpha value is -1.10. The zero-order chi connectivity index (χ0) is 16.9. The molecule has 140 valence electrons. The van der Waals surface area contributed by atoms with E-state index in [2.05, 4.69) is 47.1 Å². The third-order valence-corrected chi connectivity index (χ3v) is 5.82. The number of hydrogen-bond acceptors (Lipinski definition) is 3. The summed E-state index contributed by atoms with van der Waals surface area (Å²) >= 11 is 0. The highest BCUT2D eigenvalue weighted by Crippen LogP contribution is 2.32. The highest BCUT2D eigenvalue weighted by molar-refractivity contribution is 5.85. The van der Waals surface area contributed by atoms with Crippen molar-refractivity contribution in [2.24, 2.45) is 11.7 Å². The Labute approximate surface area is 158 Å². The maximum Gasteiger partial charge on any atom is 0.236 e. The number of nitrogens with zero attached hydrogens (tertiary/aromatic N) is 2. The minimum Gasteiger partial charge on any atom is -0.339 e. The number of amides is 1. The average Bonchev–Trinajstić information content (AvgIpc) is 3.05. The van der Waals surface area contributed by atoms with Crippen LogP contribution in [0.2, 0.25) is 0 Å². The number of carbonyl (C=O) groups excluding carboxylic acids is 1. The summed E-state index contributed by atoms with van der Waals surface area (Å²) in [5.41, 5.74) is 7.37. The second-order valence-electron chi connectivity index (χ2n) is 7.35. The van der Waals surface area contributed by atoms with Gasteiger partial charge in [0.05, 0.1) is 6.54 Å². The van der Waals surface area contributed by atoms with Gasteiger partial charge in [-0.25, -0.2) is 0 Å². The van der Waals surface area contributed by atoms with Crippen LogP contribution in [0.1, 0.15) is 44.1 Å². The topological polar surface area (TPSA) is 49.6 Å². The molecule has 2 aliphatic heterocycles. The van der Waals surface area contributed by atoms with Crippen molar-refractivity contribution in [3.05, 3.63) is 35.9 Å². The van der Waals surface area contributed by atoms with E-state index in [-0.39, 0.29) is 12.4 Å². The molecule has 4 nitrogen and oxygen atoms in total. The van der Waals surface area contributed by atoms with Gasteiger partial charge in [0.2, 0.25) is 5.91 Å². The van der Waals surface area contributed by atoms with Crippen molar-refractivity contribution in [3.63, 3.8) is 0 Å². The summed E-state index contributed by atoms with van der Waals surface area (Å²) in [5.74, 6) is 1.21. The van der Waals surface area contributed by atoms with E-state index in [1.807, 2.05) is 0 Å². The molecule has 0 spiro atoms. The van der Waals surface area contributed by atoms with Crippen molar-refractivity contribution in [2.75, 3.05) is 32.7 Å². The molecule has 2 fully saturated rings. The van der Waals surface area contributed by atoms with Gasteiger partial charge in [-0.3, -0.25) is 9.69 Å². The monoisotopic (exact) mass is 365 g/mol. The van der Waals surface area contributed by atoms with Gasteiger partial charge in [0.25, 0.3) is 0 Å². The number of halogens is 1. The summed E-state index contributed by atoms with van der Waals surface area (Å²) in [4.78, 5) is 17.3. The fraction of sp³-hybridized carbons (Fsp3) is 0.650. The Kier molecular flexibility index (Phi) is 7.73. The van der Waals surface area contributed by atoms with Crippen molar-refractivity contribution in [2.45, 2.75) is 44.6 Å². The van der Waals surface area contributed by atoms with Gasteiger partial charge in [-0.05, 0) is 43.7 Å². The van der Waals surface area contributed by atoms with Crippen molar-refractivity contribution in [1.29, 1.82) is 0 Å². The lowest BCUT2D eigenvalue weighted by atomic mass is 9.89. The number of carbonyl (C=O) groups is 1. The van der Waals surface area contributed by atoms with Crippen LogP contribution in [0.25, 0.3) is 0 Å². The third-order valence-electron chi connectivity index (χ3n) is 5.82. The fourth-order valence-corrected chi connectivity index (χ4v) is 4.44. The molecule has 0 bridgehead atoms. The highest BCUT2D eigenvalue weighted by Gasteiger charge is 2.35. The summed E-state index contributed by atoms with van der Waals surface area (Å²) in [6, 6.07) is 11.1. The number of benzene rings is 1. The molecule has 0 saturated carbocycles. The average molecular weight is 366 g/mol. The Morgan fingerprint density at radius 1 is 1.20 bits per heavy atom. The maximum absolute atomic E-state index is 12.8. The summed E-state index contributed by atoms with van der Waals surface area (Å²) in [6.45, 7) is 6.26. The number of nitrogens with two attached hydrogens (primary N) is 1. The van der Waals surface area contributed by atoms with E-state index in [1.165, 1.54) is 18.4 Å². The first kappa shape index (κ1) is 20.2. The first-order valence-electron chi connectivity index (χ1n) is 9.49. The van der Waals surface area contributed by atoms with Gasteiger partial charge >= 0.3 is 0 Å². The predicted molar refractivity (Wildman–Crippen MR) is 105 cm³/mol. The van der Waals surface area contributed by atoms with E-state index in [9.17, 15) is 4.79 Å². The second-order valence-corrected chi connectivity index (χ2v) is 7.35. The molecule has 1 aromatic carbocycles. The summed E-state index contributed by atoms with van der Waals surface area (Å²) in [5, 5.41) is 0. The van der Waals surface area contributed by atoms with E-state index < -0.39 is 0 Å². The summed E-state index contributed by atoms with van der Waals surface area (Å²) < 4.78 is 0. The van der Waals surface area contributed by atoms with Gasteiger partial charge in [-0.1, -0.05) is 37.3 Å². The number of hydrogen-bond donors (Lipinski definition) is 1. The van der Waals surface area contributed by atoms with Crippen LogP contribution in [0, 0.1) is 5.92 Å². The molecular formula is C20H32ClN3O. The molecular weight excluding hydrogens is 334 g/mol. The van der Waals surface area contributed by atoms with Crippen LogP contribution >= 0.6 is 12.4 Å². The Morgan fingerprint density at radius 3 is 2.64 bits per heavy atom. The molecule has 0 aliphatic carbocycles. The van der Waals surface area contributed by atoms with Crippen molar-refractivity contribution < 1.29 is 4.79 Å². The Morgan fingerprint density at radius 2 is 1.96 bits per heavy atom. The van der Waals surface area contributed by atoms with Crippen LogP contribution < -0.4 is 5.73 Å². The highest BCUT2D eigenvalue weighted by atomic mass is 35.5. The van der Waals surface area contributed by atoms with Crippen LogP contribution in [0.4, 0.5) is 0 Å². The predicted octanol–water partition coefficient (Wildman–Crippen LogP) is 2.87. The zero-order valence-corrected chi connectivity index (χ0v) is 16.1. The molecule has 1 amide bonds. The molecule has 2 N–H and O–H groups in total. The quantitative estimate of drug-likeness (QED) is 0.872. The van der Waals surface area contributed by atoms with Gasteiger partial charge in [0, 0.05) is 31.6 Å². The van der Waals surface area contributed by atoms with Gasteiger partial charge in [-0.2, -0.15) is 0 Å². The molecule has 5 heteroatoms. The van der Waals surface area contributed by atoms with Crippen LogP contribution in [-0.2, 0) is 4.79 Å². The van der Waals surface area contributed by atoms with Crippen LogP contribution in [-0.4, -0.2) is 54.5 Å². The Bertz CT molecular complexity index is 539. The fourth-order valence-electron chi connectivity index (χ4n) is 4.44. The van der Waals surface area contributed by atoms with E-state index in [1.54, 1.807) is 0 Å². The first-order chi connectivity index (χ1) is 11.7. The molecule has 0 aromatic heterocycles. The van der Waals surface area contributed by atoms with Gasteiger partial charge in [0.15, 0.2) is 0 Å². The number of likely N-dealkylation sites (tertiary alicyclic amines) is 2. The van der Waals surface area contributed by atoms with Crippen molar-refractivity contribution in [1.82, 2.24) is 9.80 Å². The standard InChI is InChI=1S/C20H31N3O.ClH/c1-2-18-10-6-7-11-23(18)20(24)15-22-13-17(12-21)19(14-22)16-8-4-3-5-9-16;/h3-5,8-9,17-19H,2,6-7,10-15,21H2,1H3;1H/t17-,18?,19+;/m1./s1. The third kappa shape index (κ3) is 4.75. The minimum atomic E-state index is 0. The Balaban J connectivity index is 0.00000225. The largest absolute Gasteiger partial charge is 0.339 e. The summed E-state index contributed by atoms with van der Waals surface area (Å²) in [7, 11) is 0. The van der Waals surface area contributed by atoms with Crippen molar-refractivity contribution >= 4 is 18.3 Å². The van der Waals surface area contributed by atoms with Crippen LogP contribution in [0.3, 0.4) is 0 Å². The van der Waals surface area contributed by atoms with Crippen molar-refractivity contribution in [3.8, 4) is 0 Å². The first-order valence-corrected chi connectivity index (χ1v) is 9.49. The van der Waals surface area contributed by atoms with E-state index in [4.69, 9.17) is 5.73 Å². The molecule has 3 atom stereocenters. The van der Waals surface area contributed by atoms with E-state index in [0.29, 0.717) is 36.9 Å². The smallest absolute Gasteiger partial charge is 0.236 e. The second kappa shape index (κ2) is 9.56. The maximum atomic E-state index is 12.8. The molecule has 2 saturated heterocycles. The lowest BCUT2D eigenvalue weighted by molar-refractivity contribution is -0.136. The summed E-state index contributed by atoms with van der Waals surface area (Å²) in [6.07, 6.45) is 4.65. The molecule has 25 heavy (non-hydrogen) atoms. The van der Waals surface area contributed by atoms with Crippen LogP contribution in [0.15, 0.2) is 30.3 Å². The molecule has 1 unspecified atom stereocenters. The minimum absolute atomic E-state index is 0. The number of piperidine rings is 1. The SMILES string of the molecule is CCC1CCCCN1C(=O)CN1C[C@@H](CN)[C@H](c2ccccc2)C1.Cl.